The topological polar surface area (TPSA) is 40.6 Å². The molecule has 3 rings (SSSR count). The standard InChI is InChI=1S/C17H21NO3/c1-19-16-6-5-13-10-15(18-12-14(13)11-16)7-9-21-17-4-2-3-8-20-17/h5-6,10-12,17H,2-4,7-9H2,1H3. The van der Waals surface area contributed by atoms with Crippen molar-refractivity contribution in [2.45, 2.75) is 32.0 Å². The van der Waals surface area contributed by atoms with E-state index in [4.69, 9.17) is 14.2 Å². The van der Waals surface area contributed by atoms with E-state index in [0.717, 1.165) is 42.7 Å². The summed E-state index contributed by atoms with van der Waals surface area (Å²) >= 11 is 0. The maximum Gasteiger partial charge on any atom is 0.157 e. The number of fused-ring (bicyclic) bond motifs is 1. The Morgan fingerprint density at radius 3 is 3.00 bits per heavy atom. The molecule has 4 nitrogen and oxygen atoms in total. The van der Waals surface area contributed by atoms with Crippen molar-refractivity contribution in [3.05, 3.63) is 36.2 Å². The molecule has 1 unspecified atom stereocenters. The minimum absolute atomic E-state index is 0.0246. The Morgan fingerprint density at radius 2 is 2.19 bits per heavy atom. The lowest BCUT2D eigenvalue weighted by Gasteiger charge is -2.22. The molecule has 0 amide bonds. The van der Waals surface area contributed by atoms with Crippen LogP contribution in [0.1, 0.15) is 25.0 Å². The van der Waals surface area contributed by atoms with Gasteiger partial charge in [0, 0.05) is 30.3 Å². The molecule has 21 heavy (non-hydrogen) atoms. The molecule has 112 valence electrons. The van der Waals surface area contributed by atoms with Gasteiger partial charge < -0.3 is 14.2 Å². The first-order valence-corrected chi connectivity index (χ1v) is 7.51. The number of benzene rings is 1. The highest BCUT2D eigenvalue weighted by molar-refractivity contribution is 5.83. The summed E-state index contributed by atoms with van der Waals surface area (Å²) in [5, 5.41) is 2.27. The molecule has 1 aliphatic heterocycles. The van der Waals surface area contributed by atoms with Crippen LogP contribution in [0.4, 0.5) is 0 Å². The molecule has 0 bridgehead atoms. The molecule has 1 atom stereocenters. The third-order valence-corrected chi connectivity index (χ3v) is 3.79. The van der Waals surface area contributed by atoms with E-state index in [0.29, 0.717) is 6.61 Å². The zero-order valence-corrected chi connectivity index (χ0v) is 12.4. The SMILES string of the molecule is COc1ccc2cc(CCOC3CCCCO3)ncc2c1. The Morgan fingerprint density at radius 1 is 1.24 bits per heavy atom. The van der Waals surface area contributed by atoms with Gasteiger partial charge in [0.05, 0.1) is 13.7 Å². The smallest absolute Gasteiger partial charge is 0.157 e. The fourth-order valence-electron chi connectivity index (χ4n) is 2.57. The summed E-state index contributed by atoms with van der Waals surface area (Å²) < 4.78 is 16.5. The first kappa shape index (κ1) is 14.3. The zero-order valence-electron chi connectivity index (χ0n) is 12.4. The van der Waals surface area contributed by atoms with Crippen LogP contribution in [0.2, 0.25) is 0 Å². The van der Waals surface area contributed by atoms with E-state index in [1.54, 1.807) is 7.11 Å². The largest absolute Gasteiger partial charge is 0.497 e. The summed E-state index contributed by atoms with van der Waals surface area (Å²) in [5.74, 6) is 0.856. The minimum atomic E-state index is -0.0246. The van der Waals surface area contributed by atoms with Crippen LogP contribution in [0.25, 0.3) is 10.8 Å². The maximum absolute atomic E-state index is 5.75. The van der Waals surface area contributed by atoms with Crippen molar-refractivity contribution in [3.63, 3.8) is 0 Å². The van der Waals surface area contributed by atoms with Gasteiger partial charge in [-0.15, -0.1) is 0 Å². The lowest BCUT2D eigenvalue weighted by Crippen LogP contribution is -2.23. The molecular formula is C17H21NO3. The second-order valence-corrected chi connectivity index (χ2v) is 5.31. The van der Waals surface area contributed by atoms with Crippen LogP contribution in [0.3, 0.4) is 0 Å². The van der Waals surface area contributed by atoms with Crippen molar-refractivity contribution in [2.24, 2.45) is 0 Å². The van der Waals surface area contributed by atoms with Crippen molar-refractivity contribution in [1.82, 2.24) is 4.98 Å². The van der Waals surface area contributed by atoms with Gasteiger partial charge in [0.15, 0.2) is 6.29 Å². The molecule has 1 saturated heterocycles. The van der Waals surface area contributed by atoms with E-state index in [9.17, 15) is 0 Å². The quantitative estimate of drug-likeness (QED) is 0.845. The molecule has 1 aliphatic rings. The Hall–Kier alpha value is -1.65. The van der Waals surface area contributed by atoms with Gasteiger partial charge in [-0.3, -0.25) is 4.98 Å². The highest BCUT2D eigenvalue weighted by Gasteiger charge is 2.13. The highest BCUT2D eigenvalue weighted by atomic mass is 16.7. The lowest BCUT2D eigenvalue weighted by atomic mass is 10.1. The summed E-state index contributed by atoms with van der Waals surface area (Å²) in [6, 6.07) is 8.14. The van der Waals surface area contributed by atoms with Gasteiger partial charge in [-0.05, 0) is 42.8 Å². The zero-order chi connectivity index (χ0) is 14.5. The van der Waals surface area contributed by atoms with E-state index in [2.05, 4.69) is 17.1 Å². The maximum atomic E-state index is 5.75. The van der Waals surface area contributed by atoms with Crippen molar-refractivity contribution in [2.75, 3.05) is 20.3 Å². The third-order valence-electron chi connectivity index (χ3n) is 3.79. The van der Waals surface area contributed by atoms with Gasteiger partial charge in [-0.25, -0.2) is 0 Å². The number of ether oxygens (including phenoxy) is 3. The molecule has 2 heterocycles. The van der Waals surface area contributed by atoms with Gasteiger partial charge in [0.25, 0.3) is 0 Å². The number of hydrogen-bond donors (Lipinski definition) is 0. The van der Waals surface area contributed by atoms with Crippen LogP contribution in [-0.4, -0.2) is 31.6 Å². The number of rotatable bonds is 5. The van der Waals surface area contributed by atoms with Crippen LogP contribution in [0.5, 0.6) is 5.75 Å². The minimum Gasteiger partial charge on any atom is -0.497 e. The predicted octanol–water partition coefficient (Wildman–Crippen LogP) is 3.33. The van der Waals surface area contributed by atoms with E-state index in [1.807, 2.05) is 18.3 Å². The number of aromatic nitrogens is 1. The molecule has 2 aromatic rings. The Bertz CT molecular complexity index is 594. The molecule has 1 aromatic carbocycles. The van der Waals surface area contributed by atoms with Gasteiger partial charge in [0.1, 0.15) is 5.75 Å². The first-order valence-electron chi connectivity index (χ1n) is 7.51. The predicted molar refractivity (Wildman–Crippen MR) is 81.5 cm³/mol. The molecule has 0 aliphatic carbocycles. The molecule has 0 N–H and O–H groups in total. The van der Waals surface area contributed by atoms with E-state index in [-0.39, 0.29) is 6.29 Å². The molecule has 0 saturated carbocycles. The summed E-state index contributed by atoms with van der Waals surface area (Å²) in [7, 11) is 1.67. The lowest BCUT2D eigenvalue weighted by molar-refractivity contribution is -0.161. The monoisotopic (exact) mass is 287 g/mol. The third kappa shape index (κ3) is 3.71. The van der Waals surface area contributed by atoms with Gasteiger partial charge in [-0.1, -0.05) is 6.07 Å². The molecule has 0 spiro atoms. The number of hydrogen-bond acceptors (Lipinski definition) is 4. The van der Waals surface area contributed by atoms with E-state index < -0.39 is 0 Å². The first-order chi connectivity index (χ1) is 10.3. The Balaban J connectivity index is 1.59. The van der Waals surface area contributed by atoms with Crippen molar-refractivity contribution < 1.29 is 14.2 Å². The average molecular weight is 287 g/mol. The fourth-order valence-corrected chi connectivity index (χ4v) is 2.57. The summed E-state index contributed by atoms with van der Waals surface area (Å²) in [5.41, 5.74) is 1.04. The van der Waals surface area contributed by atoms with E-state index >= 15 is 0 Å². The number of pyridine rings is 1. The van der Waals surface area contributed by atoms with Crippen LogP contribution in [0.15, 0.2) is 30.5 Å². The van der Waals surface area contributed by atoms with E-state index in [1.165, 1.54) is 11.8 Å². The normalized spacial score (nSPS) is 18.8. The van der Waals surface area contributed by atoms with Gasteiger partial charge in [-0.2, -0.15) is 0 Å². The van der Waals surface area contributed by atoms with Gasteiger partial charge in [0.2, 0.25) is 0 Å². The van der Waals surface area contributed by atoms with Gasteiger partial charge >= 0.3 is 0 Å². The molecule has 1 aromatic heterocycles. The summed E-state index contributed by atoms with van der Waals surface area (Å²) in [6.07, 6.45) is 6.02. The van der Waals surface area contributed by atoms with Crippen LogP contribution in [-0.2, 0) is 15.9 Å². The molecular weight excluding hydrogens is 266 g/mol. The van der Waals surface area contributed by atoms with Crippen LogP contribution < -0.4 is 4.74 Å². The Labute approximate surface area is 125 Å². The molecule has 1 fully saturated rings. The Kier molecular flexibility index (Phi) is 4.68. The van der Waals surface area contributed by atoms with Crippen molar-refractivity contribution in [3.8, 4) is 5.75 Å². The molecule has 4 heteroatoms. The molecule has 0 radical (unpaired) electrons. The highest BCUT2D eigenvalue weighted by Crippen LogP contribution is 2.21. The summed E-state index contributed by atoms with van der Waals surface area (Å²) in [6.45, 7) is 1.47. The fraction of sp³-hybridized carbons (Fsp3) is 0.471. The second kappa shape index (κ2) is 6.87. The van der Waals surface area contributed by atoms with Crippen molar-refractivity contribution in [1.29, 1.82) is 0 Å². The van der Waals surface area contributed by atoms with Crippen LogP contribution in [0, 0.1) is 0 Å². The number of nitrogens with zero attached hydrogens (tertiary/aromatic N) is 1. The number of methoxy groups -OCH3 is 1. The average Bonchev–Trinajstić information content (AvgIpc) is 2.55. The van der Waals surface area contributed by atoms with Crippen LogP contribution >= 0.6 is 0 Å². The summed E-state index contributed by atoms with van der Waals surface area (Å²) in [4.78, 5) is 4.49. The van der Waals surface area contributed by atoms with Crippen molar-refractivity contribution >= 4 is 10.8 Å². The second-order valence-electron chi connectivity index (χ2n) is 5.31.